The minimum Gasteiger partial charge on any atom is -0.493 e. The van der Waals surface area contributed by atoms with E-state index in [1.807, 2.05) is 18.2 Å². The summed E-state index contributed by atoms with van der Waals surface area (Å²) in [5.41, 5.74) is 1.25. The number of carboxylic acids is 1. The molecule has 1 rings (SSSR count). The van der Waals surface area contributed by atoms with Crippen LogP contribution in [0.25, 0.3) is 0 Å². The molecule has 1 aromatic carbocycles. The maximum atomic E-state index is 10.5. The number of hydrogen-bond acceptors (Lipinski definition) is 4. The van der Waals surface area contributed by atoms with Gasteiger partial charge in [-0.2, -0.15) is 0 Å². The summed E-state index contributed by atoms with van der Waals surface area (Å²) in [4.78, 5) is 10.5. The van der Waals surface area contributed by atoms with Gasteiger partial charge in [0, 0.05) is 12.1 Å². The largest absolute Gasteiger partial charge is 0.493 e. The highest BCUT2D eigenvalue weighted by Gasteiger charge is 2.05. The normalized spacial score (nSPS) is 10.0. The average Bonchev–Trinajstić information content (AvgIpc) is 2.42. The summed E-state index contributed by atoms with van der Waals surface area (Å²) in [7, 11) is 3.19. The van der Waals surface area contributed by atoms with Crippen molar-refractivity contribution in [1.82, 2.24) is 5.32 Å². The summed E-state index contributed by atoms with van der Waals surface area (Å²) in [5, 5.41) is 11.7. The molecule has 0 atom stereocenters. The summed E-state index contributed by atoms with van der Waals surface area (Å²) >= 11 is 0. The van der Waals surface area contributed by atoms with E-state index in [0.717, 1.165) is 12.0 Å². The van der Waals surface area contributed by atoms with Crippen molar-refractivity contribution in [3.05, 3.63) is 35.9 Å². The second-order valence-electron chi connectivity index (χ2n) is 4.02. The fourth-order valence-corrected chi connectivity index (χ4v) is 1.58. The fourth-order valence-electron chi connectivity index (χ4n) is 1.58. The molecule has 0 aliphatic heterocycles. The first-order valence-electron chi connectivity index (χ1n) is 5.91. The molecule has 0 aliphatic rings. The third-order valence-corrected chi connectivity index (χ3v) is 2.68. The Morgan fingerprint density at radius 3 is 2.58 bits per heavy atom. The molecule has 0 unspecified atom stereocenters. The Balaban J connectivity index is 2.45. The van der Waals surface area contributed by atoms with Crippen LogP contribution in [0.5, 0.6) is 11.5 Å². The topological polar surface area (TPSA) is 67.8 Å². The Kier molecular flexibility index (Phi) is 5.89. The lowest BCUT2D eigenvalue weighted by molar-refractivity contribution is -0.132. The lowest BCUT2D eigenvalue weighted by Crippen LogP contribution is -2.22. The standard InChI is InChI=1S/C14H19NO4/c1-10(14(16)17)9-15-7-6-11-4-5-12(18-2)13(8-11)19-3/h4-5,8,15H,1,6-7,9H2,2-3H3,(H,16,17). The van der Waals surface area contributed by atoms with Gasteiger partial charge in [-0.1, -0.05) is 12.6 Å². The van der Waals surface area contributed by atoms with Gasteiger partial charge >= 0.3 is 5.97 Å². The van der Waals surface area contributed by atoms with E-state index in [4.69, 9.17) is 14.6 Å². The van der Waals surface area contributed by atoms with Gasteiger partial charge in [0.25, 0.3) is 0 Å². The van der Waals surface area contributed by atoms with Crippen molar-refractivity contribution in [2.24, 2.45) is 0 Å². The fraction of sp³-hybridized carbons (Fsp3) is 0.357. The zero-order valence-electron chi connectivity index (χ0n) is 11.2. The van der Waals surface area contributed by atoms with E-state index in [1.54, 1.807) is 14.2 Å². The molecule has 0 fully saturated rings. The summed E-state index contributed by atoms with van der Waals surface area (Å²) in [6.45, 7) is 4.40. The molecule has 0 saturated carbocycles. The molecule has 2 N–H and O–H groups in total. The molecular weight excluding hydrogens is 246 g/mol. The Morgan fingerprint density at radius 2 is 2.00 bits per heavy atom. The maximum Gasteiger partial charge on any atom is 0.332 e. The maximum absolute atomic E-state index is 10.5. The minimum absolute atomic E-state index is 0.160. The smallest absolute Gasteiger partial charge is 0.332 e. The monoisotopic (exact) mass is 265 g/mol. The van der Waals surface area contributed by atoms with E-state index < -0.39 is 5.97 Å². The Bertz CT molecular complexity index is 457. The van der Waals surface area contributed by atoms with E-state index in [9.17, 15) is 4.79 Å². The molecule has 5 heteroatoms. The van der Waals surface area contributed by atoms with Crippen LogP contribution in [0.3, 0.4) is 0 Å². The number of hydrogen-bond donors (Lipinski definition) is 2. The van der Waals surface area contributed by atoms with Gasteiger partial charge in [0.15, 0.2) is 11.5 Å². The number of rotatable bonds is 8. The van der Waals surface area contributed by atoms with Gasteiger partial charge in [0.05, 0.1) is 14.2 Å². The van der Waals surface area contributed by atoms with Crippen LogP contribution in [-0.4, -0.2) is 38.4 Å². The van der Waals surface area contributed by atoms with Crippen molar-refractivity contribution in [3.63, 3.8) is 0 Å². The number of aliphatic carboxylic acids is 1. The molecule has 0 heterocycles. The van der Waals surface area contributed by atoms with E-state index in [-0.39, 0.29) is 12.1 Å². The molecule has 104 valence electrons. The van der Waals surface area contributed by atoms with Crippen LogP contribution >= 0.6 is 0 Å². The van der Waals surface area contributed by atoms with Crippen LogP contribution in [0.2, 0.25) is 0 Å². The first-order chi connectivity index (χ1) is 9.08. The Morgan fingerprint density at radius 1 is 1.32 bits per heavy atom. The van der Waals surface area contributed by atoms with Gasteiger partial charge in [0.2, 0.25) is 0 Å². The first-order valence-corrected chi connectivity index (χ1v) is 5.91. The van der Waals surface area contributed by atoms with Gasteiger partial charge in [0.1, 0.15) is 0 Å². The lowest BCUT2D eigenvalue weighted by Gasteiger charge is -2.10. The molecule has 0 aromatic heterocycles. The zero-order chi connectivity index (χ0) is 14.3. The van der Waals surface area contributed by atoms with Gasteiger partial charge in [-0.05, 0) is 30.7 Å². The Hall–Kier alpha value is -2.01. The molecule has 0 saturated heterocycles. The van der Waals surface area contributed by atoms with Crippen LogP contribution in [0.1, 0.15) is 5.56 Å². The molecule has 5 nitrogen and oxygen atoms in total. The van der Waals surface area contributed by atoms with Crippen molar-refractivity contribution in [3.8, 4) is 11.5 Å². The van der Waals surface area contributed by atoms with Crippen molar-refractivity contribution < 1.29 is 19.4 Å². The number of carbonyl (C=O) groups is 1. The highest BCUT2D eigenvalue weighted by atomic mass is 16.5. The van der Waals surface area contributed by atoms with Crippen LogP contribution in [0, 0.1) is 0 Å². The lowest BCUT2D eigenvalue weighted by atomic mass is 10.1. The number of methoxy groups -OCH3 is 2. The van der Waals surface area contributed by atoms with Crippen LogP contribution in [0.15, 0.2) is 30.4 Å². The predicted molar refractivity (Wildman–Crippen MR) is 72.9 cm³/mol. The van der Waals surface area contributed by atoms with Crippen LogP contribution in [-0.2, 0) is 11.2 Å². The first kappa shape index (κ1) is 15.0. The van der Waals surface area contributed by atoms with Crippen molar-refractivity contribution in [2.45, 2.75) is 6.42 Å². The zero-order valence-corrected chi connectivity index (χ0v) is 11.2. The predicted octanol–water partition coefficient (Wildman–Crippen LogP) is 1.48. The molecule has 0 aliphatic carbocycles. The SMILES string of the molecule is C=C(CNCCc1ccc(OC)c(OC)c1)C(=O)O. The molecule has 0 spiro atoms. The van der Waals surface area contributed by atoms with E-state index in [1.165, 1.54) is 0 Å². The minimum atomic E-state index is -0.974. The number of ether oxygens (including phenoxy) is 2. The van der Waals surface area contributed by atoms with Gasteiger partial charge in [-0.3, -0.25) is 0 Å². The third kappa shape index (κ3) is 4.63. The van der Waals surface area contributed by atoms with E-state index >= 15 is 0 Å². The number of carboxylic acid groups (broad SMARTS) is 1. The van der Waals surface area contributed by atoms with Gasteiger partial charge in [-0.25, -0.2) is 4.79 Å². The van der Waals surface area contributed by atoms with E-state index in [0.29, 0.717) is 18.0 Å². The van der Waals surface area contributed by atoms with Gasteiger partial charge < -0.3 is 19.9 Å². The number of benzene rings is 1. The average molecular weight is 265 g/mol. The second-order valence-corrected chi connectivity index (χ2v) is 4.02. The van der Waals surface area contributed by atoms with Gasteiger partial charge in [-0.15, -0.1) is 0 Å². The summed E-state index contributed by atoms with van der Waals surface area (Å²) < 4.78 is 10.4. The third-order valence-electron chi connectivity index (χ3n) is 2.68. The Labute approximate surface area is 112 Å². The summed E-state index contributed by atoms with van der Waals surface area (Å²) in [6.07, 6.45) is 0.771. The van der Waals surface area contributed by atoms with Crippen molar-refractivity contribution >= 4 is 5.97 Å². The molecule has 0 bridgehead atoms. The molecule has 19 heavy (non-hydrogen) atoms. The highest BCUT2D eigenvalue weighted by Crippen LogP contribution is 2.27. The summed E-state index contributed by atoms with van der Waals surface area (Å²) in [6, 6.07) is 5.71. The quantitative estimate of drug-likeness (QED) is 0.550. The molecule has 1 aromatic rings. The van der Waals surface area contributed by atoms with E-state index in [2.05, 4.69) is 11.9 Å². The molecule has 0 amide bonds. The van der Waals surface area contributed by atoms with Crippen LogP contribution < -0.4 is 14.8 Å². The molecule has 0 radical (unpaired) electrons. The second kappa shape index (κ2) is 7.43. The number of nitrogens with one attached hydrogen (secondary N) is 1. The highest BCUT2D eigenvalue weighted by molar-refractivity contribution is 5.86. The van der Waals surface area contributed by atoms with Crippen molar-refractivity contribution in [1.29, 1.82) is 0 Å². The summed E-state index contributed by atoms with van der Waals surface area (Å²) in [5.74, 6) is 0.409. The van der Waals surface area contributed by atoms with Crippen molar-refractivity contribution in [2.75, 3.05) is 27.3 Å². The molecular formula is C14H19NO4. The van der Waals surface area contributed by atoms with Crippen LogP contribution in [0.4, 0.5) is 0 Å².